The Morgan fingerprint density at radius 3 is 2.61 bits per heavy atom. The van der Waals surface area contributed by atoms with Crippen LogP contribution in [0.25, 0.3) is 0 Å². The fourth-order valence-corrected chi connectivity index (χ4v) is 3.00. The Bertz CT molecular complexity index is 427. The Labute approximate surface area is 108 Å². The predicted octanol–water partition coefficient (Wildman–Crippen LogP) is 1.61. The van der Waals surface area contributed by atoms with Crippen molar-refractivity contribution in [3.8, 4) is 0 Å². The molecule has 2 atom stereocenters. The van der Waals surface area contributed by atoms with Crippen molar-refractivity contribution in [2.75, 3.05) is 19.6 Å². The van der Waals surface area contributed by atoms with Crippen molar-refractivity contribution in [3.05, 3.63) is 35.9 Å². The van der Waals surface area contributed by atoms with Crippen molar-refractivity contribution in [1.29, 1.82) is 0 Å². The number of nitrogens with one attached hydrogen (secondary N) is 1. The van der Waals surface area contributed by atoms with E-state index in [1.807, 2.05) is 6.07 Å². The van der Waals surface area contributed by atoms with E-state index < -0.39 is 0 Å². The molecular formula is C15H20N2O. The number of hydrogen-bond donors (Lipinski definition) is 1. The van der Waals surface area contributed by atoms with E-state index in [4.69, 9.17) is 0 Å². The first kappa shape index (κ1) is 11.7. The molecule has 2 saturated heterocycles. The van der Waals surface area contributed by atoms with Gasteiger partial charge < -0.3 is 10.2 Å². The third kappa shape index (κ3) is 2.03. The maximum Gasteiger partial charge on any atom is 0.228 e. The minimum absolute atomic E-state index is 0.224. The SMILES string of the molecule is CC1CC(c2ccccc2)CN1C(=O)C1CNC1. The lowest BCUT2D eigenvalue weighted by molar-refractivity contribution is -0.137. The van der Waals surface area contributed by atoms with Gasteiger partial charge in [0.2, 0.25) is 5.91 Å². The van der Waals surface area contributed by atoms with E-state index in [0.717, 1.165) is 26.1 Å². The topological polar surface area (TPSA) is 32.3 Å². The first-order valence-corrected chi connectivity index (χ1v) is 6.82. The van der Waals surface area contributed by atoms with Crippen LogP contribution in [0, 0.1) is 5.92 Å². The van der Waals surface area contributed by atoms with Gasteiger partial charge in [0.05, 0.1) is 5.92 Å². The van der Waals surface area contributed by atoms with Crippen LogP contribution in [0.2, 0.25) is 0 Å². The molecule has 2 heterocycles. The highest BCUT2D eigenvalue weighted by atomic mass is 16.2. The molecule has 0 aliphatic carbocycles. The average molecular weight is 244 g/mol. The molecule has 1 aromatic carbocycles. The zero-order valence-corrected chi connectivity index (χ0v) is 10.8. The number of amides is 1. The third-order valence-electron chi connectivity index (χ3n) is 4.26. The monoisotopic (exact) mass is 244 g/mol. The van der Waals surface area contributed by atoms with Gasteiger partial charge in [-0.15, -0.1) is 0 Å². The average Bonchev–Trinajstić information content (AvgIpc) is 2.70. The minimum atomic E-state index is 0.224. The first-order chi connectivity index (χ1) is 8.75. The highest BCUT2D eigenvalue weighted by molar-refractivity contribution is 5.81. The number of benzene rings is 1. The number of nitrogens with zero attached hydrogens (tertiary/aromatic N) is 1. The van der Waals surface area contributed by atoms with Crippen molar-refractivity contribution >= 4 is 5.91 Å². The van der Waals surface area contributed by atoms with Gasteiger partial charge in [-0.2, -0.15) is 0 Å². The zero-order valence-electron chi connectivity index (χ0n) is 10.8. The molecule has 2 aliphatic heterocycles. The molecule has 2 aliphatic rings. The molecule has 18 heavy (non-hydrogen) atoms. The van der Waals surface area contributed by atoms with Gasteiger partial charge in [-0.3, -0.25) is 4.79 Å². The molecule has 2 fully saturated rings. The lowest BCUT2D eigenvalue weighted by Crippen LogP contribution is -2.52. The van der Waals surface area contributed by atoms with E-state index in [1.54, 1.807) is 0 Å². The fourth-order valence-electron chi connectivity index (χ4n) is 3.00. The summed E-state index contributed by atoms with van der Waals surface area (Å²) in [5.41, 5.74) is 1.37. The van der Waals surface area contributed by atoms with Crippen LogP contribution in [-0.2, 0) is 4.79 Å². The Morgan fingerprint density at radius 2 is 2.00 bits per heavy atom. The van der Waals surface area contributed by atoms with Crippen LogP contribution >= 0.6 is 0 Å². The van der Waals surface area contributed by atoms with Crippen LogP contribution in [0.3, 0.4) is 0 Å². The number of carbonyl (C=O) groups excluding carboxylic acids is 1. The van der Waals surface area contributed by atoms with Crippen LogP contribution in [0.5, 0.6) is 0 Å². The molecule has 0 bridgehead atoms. The smallest absolute Gasteiger partial charge is 0.228 e. The Balaban J connectivity index is 1.70. The van der Waals surface area contributed by atoms with E-state index in [2.05, 4.69) is 41.4 Å². The maximum absolute atomic E-state index is 12.3. The van der Waals surface area contributed by atoms with Crippen LogP contribution < -0.4 is 5.32 Å². The largest absolute Gasteiger partial charge is 0.339 e. The van der Waals surface area contributed by atoms with Crippen LogP contribution in [0.4, 0.5) is 0 Å². The summed E-state index contributed by atoms with van der Waals surface area (Å²) in [6.07, 6.45) is 1.09. The molecule has 96 valence electrons. The molecule has 0 spiro atoms. The van der Waals surface area contributed by atoms with Gasteiger partial charge in [-0.25, -0.2) is 0 Å². The van der Waals surface area contributed by atoms with Crippen molar-refractivity contribution in [2.24, 2.45) is 5.92 Å². The fraction of sp³-hybridized carbons (Fsp3) is 0.533. The molecule has 2 unspecified atom stereocenters. The van der Waals surface area contributed by atoms with Crippen LogP contribution in [0.15, 0.2) is 30.3 Å². The number of likely N-dealkylation sites (tertiary alicyclic amines) is 1. The highest BCUT2D eigenvalue weighted by Gasteiger charge is 2.37. The van der Waals surface area contributed by atoms with Gasteiger partial charge in [-0.05, 0) is 18.9 Å². The normalized spacial score (nSPS) is 28.2. The summed E-state index contributed by atoms with van der Waals surface area (Å²) in [6.45, 7) is 4.78. The molecule has 0 radical (unpaired) electrons. The van der Waals surface area contributed by atoms with Crippen LogP contribution in [-0.4, -0.2) is 36.5 Å². The van der Waals surface area contributed by atoms with Gasteiger partial charge in [0.15, 0.2) is 0 Å². The summed E-state index contributed by atoms with van der Waals surface area (Å²) in [4.78, 5) is 14.4. The lowest BCUT2D eigenvalue weighted by Gasteiger charge is -2.32. The summed E-state index contributed by atoms with van der Waals surface area (Å²) < 4.78 is 0. The van der Waals surface area contributed by atoms with Gasteiger partial charge in [0.25, 0.3) is 0 Å². The predicted molar refractivity (Wildman–Crippen MR) is 71.3 cm³/mol. The van der Waals surface area contributed by atoms with Gasteiger partial charge in [-0.1, -0.05) is 30.3 Å². The second-order valence-corrected chi connectivity index (χ2v) is 5.54. The molecular weight excluding hydrogens is 224 g/mol. The Kier molecular flexibility index (Phi) is 3.08. The first-order valence-electron chi connectivity index (χ1n) is 6.82. The Hall–Kier alpha value is -1.35. The van der Waals surface area contributed by atoms with E-state index in [-0.39, 0.29) is 5.92 Å². The second kappa shape index (κ2) is 4.73. The molecule has 1 amide bonds. The summed E-state index contributed by atoms with van der Waals surface area (Å²) in [5, 5.41) is 3.18. The molecule has 3 nitrogen and oxygen atoms in total. The molecule has 1 aromatic rings. The van der Waals surface area contributed by atoms with Crippen LogP contribution in [0.1, 0.15) is 24.8 Å². The standard InChI is InChI=1S/C15H20N2O/c1-11-7-13(12-5-3-2-4-6-12)10-17(11)15(18)14-8-16-9-14/h2-6,11,13-14,16H,7-10H2,1H3. The molecule has 3 heteroatoms. The van der Waals surface area contributed by atoms with Crippen molar-refractivity contribution in [3.63, 3.8) is 0 Å². The highest BCUT2D eigenvalue weighted by Crippen LogP contribution is 2.32. The lowest BCUT2D eigenvalue weighted by atomic mass is 9.97. The molecule has 0 aromatic heterocycles. The van der Waals surface area contributed by atoms with Gasteiger partial charge >= 0.3 is 0 Å². The van der Waals surface area contributed by atoms with E-state index in [0.29, 0.717) is 17.9 Å². The van der Waals surface area contributed by atoms with Crippen molar-refractivity contribution < 1.29 is 4.79 Å². The minimum Gasteiger partial charge on any atom is -0.339 e. The van der Waals surface area contributed by atoms with Gasteiger partial charge in [0.1, 0.15) is 0 Å². The number of hydrogen-bond acceptors (Lipinski definition) is 2. The second-order valence-electron chi connectivity index (χ2n) is 5.54. The maximum atomic E-state index is 12.3. The summed E-state index contributed by atoms with van der Waals surface area (Å²) in [6, 6.07) is 10.9. The quantitative estimate of drug-likeness (QED) is 0.857. The van der Waals surface area contributed by atoms with Crippen molar-refractivity contribution in [2.45, 2.75) is 25.3 Å². The van der Waals surface area contributed by atoms with E-state index >= 15 is 0 Å². The number of carbonyl (C=O) groups is 1. The Morgan fingerprint density at radius 1 is 1.28 bits per heavy atom. The zero-order chi connectivity index (χ0) is 12.5. The number of rotatable bonds is 2. The molecule has 1 N–H and O–H groups in total. The molecule has 3 rings (SSSR count). The van der Waals surface area contributed by atoms with Gasteiger partial charge in [0, 0.05) is 31.6 Å². The van der Waals surface area contributed by atoms with Crippen molar-refractivity contribution in [1.82, 2.24) is 10.2 Å². The van der Waals surface area contributed by atoms with E-state index in [9.17, 15) is 4.79 Å². The summed E-state index contributed by atoms with van der Waals surface area (Å²) in [7, 11) is 0. The molecule has 0 saturated carbocycles. The summed E-state index contributed by atoms with van der Waals surface area (Å²) in [5.74, 6) is 1.08. The third-order valence-corrected chi connectivity index (χ3v) is 4.26. The van der Waals surface area contributed by atoms with E-state index in [1.165, 1.54) is 5.56 Å². The summed E-state index contributed by atoms with van der Waals surface area (Å²) >= 11 is 0.